The zero-order chi connectivity index (χ0) is 13.7. The summed E-state index contributed by atoms with van der Waals surface area (Å²) in [4.78, 5) is 12.5. The van der Waals surface area contributed by atoms with Gasteiger partial charge in [0.1, 0.15) is 0 Å². The summed E-state index contributed by atoms with van der Waals surface area (Å²) in [6.45, 7) is 2.86. The van der Waals surface area contributed by atoms with Crippen molar-refractivity contribution in [3.05, 3.63) is 12.3 Å². The van der Waals surface area contributed by atoms with E-state index in [1.54, 1.807) is 4.68 Å². The zero-order valence-electron chi connectivity index (χ0n) is 11.2. The molecule has 0 aliphatic heterocycles. The van der Waals surface area contributed by atoms with Crippen LogP contribution in [0.15, 0.2) is 12.3 Å². The summed E-state index contributed by atoms with van der Waals surface area (Å²) < 4.78 is 6.74. The standard InChI is InChI=1S/C11H17N7O/c1-4-6-12-9-14-10(16-11(15-9)19-3)13-8-5-7-18(2)17-8/h5,7H,4,6H2,1-3H3,(H2,12,13,14,15,16,17). The van der Waals surface area contributed by atoms with Gasteiger partial charge < -0.3 is 15.4 Å². The molecule has 2 N–H and O–H groups in total. The summed E-state index contributed by atoms with van der Waals surface area (Å²) in [7, 11) is 3.36. The normalized spacial score (nSPS) is 10.3. The smallest absolute Gasteiger partial charge is 0.322 e. The van der Waals surface area contributed by atoms with Crippen LogP contribution >= 0.6 is 0 Å². The molecule has 8 heteroatoms. The number of anilines is 3. The third-order valence-corrected chi connectivity index (χ3v) is 2.28. The molecular formula is C11H17N7O. The summed E-state index contributed by atoms with van der Waals surface area (Å²) in [5, 5.41) is 10.3. The molecule has 0 amide bonds. The van der Waals surface area contributed by atoms with E-state index in [0.717, 1.165) is 13.0 Å². The molecule has 0 spiro atoms. The van der Waals surface area contributed by atoms with Crippen molar-refractivity contribution in [3.8, 4) is 6.01 Å². The van der Waals surface area contributed by atoms with Crippen molar-refractivity contribution in [1.29, 1.82) is 0 Å². The number of ether oxygens (including phenoxy) is 1. The molecule has 0 saturated carbocycles. The van der Waals surface area contributed by atoms with Crippen LogP contribution in [-0.2, 0) is 7.05 Å². The van der Waals surface area contributed by atoms with Crippen molar-refractivity contribution in [3.63, 3.8) is 0 Å². The lowest BCUT2D eigenvalue weighted by Gasteiger charge is -2.07. The van der Waals surface area contributed by atoms with Crippen LogP contribution in [0.2, 0.25) is 0 Å². The number of aryl methyl sites for hydroxylation is 1. The maximum absolute atomic E-state index is 5.05. The quantitative estimate of drug-likeness (QED) is 0.808. The average Bonchev–Trinajstić information content (AvgIpc) is 2.81. The fourth-order valence-corrected chi connectivity index (χ4v) is 1.42. The molecule has 0 bridgehead atoms. The summed E-state index contributed by atoms with van der Waals surface area (Å²) >= 11 is 0. The first-order chi connectivity index (χ1) is 9.21. The van der Waals surface area contributed by atoms with E-state index in [1.165, 1.54) is 7.11 Å². The fourth-order valence-electron chi connectivity index (χ4n) is 1.42. The third kappa shape index (κ3) is 3.54. The molecule has 2 rings (SSSR count). The fraction of sp³-hybridized carbons (Fsp3) is 0.455. The SMILES string of the molecule is CCCNc1nc(Nc2ccn(C)n2)nc(OC)n1. The Hall–Kier alpha value is -2.38. The minimum atomic E-state index is 0.257. The topological polar surface area (TPSA) is 89.8 Å². The van der Waals surface area contributed by atoms with Crippen LogP contribution in [0.3, 0.4) is 0 Å². The molecule has 2 heterocycles. The number of nitrogens with one attached hydrogen (secondary N) is 2. The van der Waals surface area contributed by atoms with Crippen LogP contribution in [-0.4, -0.2) is 38.4 Å². The van der Waals surface area contributed by atoms with Crippen molar-refractivity contribution >= 4 is 17.7 Å². The summed E-state index contributed by atoms with van der Waals surface area (Å²) in [5.41, 5.74) is 0. The van der Waals surface area contributed by atoms with Crippen molar-refractivity contribution in [1.82, 2.24) is 24.7 Å². The molecule has 2 aromatic rings. The molecule has 0 aliphatic rings. The molecular weight excluding hydrogens is 246 g/mol. The van der Waals surface area contributed by atoms with Crippen molar-refractivity contribution in [2.75, 3.05) is 24.3 Å². The number of methoxy groups -OCH3 is 1. The second kappa shape index (κ2) is 5.98. The Morgan fingerprint density at radius 3 is 2.68 bits per heavy atom. The van der Waals surface area contributed by atoms with E-state index in [9.17, 15) is 0 Å². The van der Waals surface area contributed by atoms with Gasteiger partial charge >= 0.3 is 6.01 Å². The Morgan fingerprint density at radius 2 is 2.05 bits per heavy atom. The lowest BCUT2D eigenvalue weighted by Crippen LogP contribution is -2.09. The molecule has 0 unspecified atom stereocenters. The second-order valence-electron chi connectivity index (χ2n) is 3.90. The first kappa shape index (κ1) is 13.1. The Morgan fingerprint density at radius 1 is 1.26 bits per heavy atom. The first-order valence-electron chi connectivity index (χ1n) is 6.02. The molecule has 0 saturated heterocycles. The molecule has 0 aliphatic carbocycles. The molecule has 0 radical (unpaired) electrons. The molecule has 19 heavy (non-hydrogen) atoms. The molecule has 102 valence electrons. The van der Waals surface area contributed by atoms with Gasteiger partial charge in [0, 0.05) is 25.9 Å². The minimum absolute atomic E-state index is 0.257. The van der Waals surface area contributed by atoms with Crippen LogP contribution < -0.4 is 15.4 Å². The van der Waals surface area contributed by atoms with E-state index in [2.05, 4.69) is 37.6 Å². The molecule has 0 aromatic carbocycles. The predicted molar refractivity (Wildman–Crippen MR) is 71.7 cm³/mol. The van der Waals surface area contributed by atoms with Gasteiger partial charge in [-0.2, -0.15) is 20.1 Å². The highest BCUT2D eigenvalue weighted by atomic mass is 16.5. The highest BCUT2D eigenvalue weighted by molar-refractivity contribution is 5.48. The maximum atomic E-state index is 5.05. The van der Waals surface area contributed by atoms with Gasteiger partial charge in [0.2, 0.25) is 11.9 Å². The molecule has 0 fully saturated rings. The number of hydrogen-bond donors (Lipinski definition) is 2. The van der Waals surface area contributed by atoms with E-state index >= 15 is 0 Å². The Bertz CT molecular complexity index is 540. The summed E-state index contributed by atoms with van der Waals surface area (Å²) in [6, 6.07) is 2.09. The lowest BCUT2D eigenvalue weighted by atomic mass is 10.5. The number of nitrogens with zero attached hydrogens (tertiary/aromatic N) is 5. The predicted octanol–water partition coefficient (Wildman–Crippen LogP) is 1.18. The van der Waals surface area contributed by atoms with Gasteiger partial charge in [-0.25, -0.2) is 0 Å². The molecule has 8 nitrogen and oxygen atoms in total. The third-order valence-electron chi connectivity index (χ3n) is 2.28. The monoisotopic (exact) mass is 263 g/mol. The zero-order valence-corrected chi connectivity index (χ0v) is 11.2. The summed E-state index contributed by atoms with van der Waals surface area (Å²) in [5.74, 6) is 1.54. The van der Waals surface area contributed by atoms with Gasteiger partial charge in [0.05, 0.1) is 7.11 Å². The van der Waals surface area contributed by atoms with Crippen LogP contribution in [0, 0.1) is 0 Å². The van der Waals surface area contributed by atoms with Gasteiger partial charge in [-0.3, -0.25) is 4.68 Å². The average molecular weight is 263 g/mol. The number of hydrogen-bond acceptors (Lipinski definition) is 7. The van der Waals surface area contributed by atoms with Crippen LogP contribution in [0.1, 0.15) is 13.3 Å². The van der Waals surface area contributed by atoms with E-state index in [-0.39, 0.29) is 6.01 Å². The van der Waals surface area contributed by atoms with Gasteiger partial charge in [0.25, 0.3) is 0 Å². The maximum Gasteiger partial charge on any atom is 0.322 e. The van der Waals surface area contributed by atoms with Crippen LogP contribution in [0.25, 0.3) is 0 Å². The van der Waals surface area contributed by atoms with Gasteiger partial charge in [0.15, 0.2) is 5.82 Å². The van der Waals surface area contributed by atoms with Crippen molar-refractivity contribution < 1.29 is 4.74 Å². The number of aromatic nitrogens is 5. The highest BCUT2D eigenvalue weighted by Crippen LogP contribution is 2.14. The van der Waals surface area contributed by atoms with Gasteiger partial charge in [-0.1, -0.05) is 6.92 Å². The Balaban J connectivity index is 2.18. The first-order valence-corrected chi connectivity index (χ1v) is 6.02. The van der Waals surface area contributed by atoms with Crippen LogP contribution in [0.4, 0.5) is 17.7 Å². The summed E-state index contributed by atoms with van der Waals surface area (Å²) in [6.07, 6.45) is 2.81. The Kier molecular flexibility index (Phi) is 4.11. The second-order valence-corrected chi connectivity index (χ2v) is 3.90. The largest absolute Gasteiger partial charge is 0.467 e. The minimum Gasteiger partial charge on any atom is -0.467 e. The van der Waals surface area contributed by atoms with E-state index < -0.39 is 0 Å². The highest BCUT2D eigenvalue weighted by Gasteiger charge is 2.07. The van der Waals surface area contributed by atoms with Crippen LogP contribution in [0.5, 0.6) is 6.01 Å². The Labute approximate surface area is 111 Å². The van der Waals surface area contributed by atoms with E-state index in [0.29, 0.717) is 17.7 Å². The van der Waals surface area contributed by atoms with E-state index in [4.69, 9.17) is 4.74 Å². The molecule has 2 aromatic heterocycles. The van der Waals surface area contributed by atoms with Crippen molar-refractivity contribution in [2.45, 2.75) is 13.3 Å². The lowest BCUT2D eigenvalue weighted by molar-refractivity contribution is 0.379. The number of rotatable bonds is 6. The van der Waals surface area contributed by atoms with Crippen molar-refractivity contribution in [2.24, 2.45) is 7.05 Å². The van der Waals surface area contributed by atoms with Gasteiger partial charge in [-0.15, -0.1) is 0 Å². The van der Waals surface area contributed by atoms with Gasteiger partial charge in [-0.05, 0) is 6.42 Å². The molecule has 0 atom stereocenters. The van der Waals surface area contributed by atoms with E-state index in [1.807, 2.05) is 19.3 Å².